The molecule has 12 heavy (non-hydrogen) atoms. The zero-order valence-corrected chi connectivity index (χ0v) is 8.68. The molecule has 3 nitrogen and oxygen atoms in total. The van der Waals surface area contributed by atoms with Crippen molar-refractivity contribution in [1.82, 2.24) is 4.98 Å². The van der Waals surface area contributed by atoms with Crippen LogP contribution >= 0.6 is 28.3 Å². The lowest BCUT2D eigenvalue weighted by Gasteiger charge is -2.06. The summed E-state index contributed by atoms with van der Waals surface area (Å²) in [5, 5.41) is 8.70. The Balaban J connectivity index is 0.00000121. The second kappa shape index (κ2) is 5.48. The Kier molecular flexibility index (Phi) is 5.41. The highest BCUT2D eigenvalue weighted by Crippen LogP contribution is 2.10. The van der Waals surface area contributed by atoms with Crippen LogP contribution < -0.4 is 5.73 Å². The molecule has 5 heteroatoms. The second-order valence-corrected chi connectivity index (χ2v) is 2.99. The molecule has 0 aliphatic carbocycles. The number of nitrogens with two attached hydrogens (primary N) is 1. The van der Waals surface area contributed by atoms with Gasteiger partial charge in [0.2, 0.25) is 0 Å². The van der Waals surface area contributed by atoms with Gasteiger partial charge in [-0.2, -0.15) is 0 Å². The van der Waals surface area contributed by atoms with Crippen LogP contribution in [0.1, 0.15) is 11.7 Å². The van der Waals surface area contributed by atoms with Crippen molar-refractivity contribution in [3.05, 3.63) is 28.5 Å². The predicted octanol–water partition coefficient (Wildman–Crippen LogP) is 1.26. The molecular weight excluding hydrogens is 243 g/mol. The summed E-state index contributed by atoms with van der Waals surface area (Å²) in [5.74, 6) is 0. The molecule has 1 atom stereocenters. The number of aliphatic hydroxyl groups excluding tert-OH is 1. The summed E-state index contributed by atoms with van der Waals surface area (Å²) in [4.78, 5) is 4.08. The highest BCUT2D eigenvalue weighted by atomic mass is 79.9. The van der Waals surface area contributed by atoms with Crippen molar-refractivity contribution in [3.8, 4) is 0 Å². The van der Waals surface area contributed by atoms with E-state index in [-0.39, 0.29) is 25.1 Å². The van der Waals surface area contributed by atoms with E-state index in [4.69, 9.17) is 10.8 Å². The van der Waals surface area contributed by atoms with Crippen LogP contribution in [0.25, 0.3) is 0 Å². The maximum atomic E-state index is 8.70. The van der Waals surface area contributed by atoms with Crippen molar-refractivity contribution in [3.63, 3.8) is 0 Å². The number of pyridine rings is 1. The van der Waals surface area contributed by atoms with Gasteiger partial charge in [0.05, 0.1) is 18.3 Å². The molecule has 1 heterocycles. The van der Waals surface area contributed by atoms with Gasteiger partial charge in [-0.25, -0.2) is 4.98 Å². The van der Waals surface area contributed by atoms with E-state index in [2.05, 4.69) is 20.9 Å². The van der Waals surface area contributed by atoms with Gasteiger partial charge < -0.3 is 10.8 Å². The van der Waals surface area contributed by atoms with Crippen molar-refractivity contribution in [2.75, 3.05) is 6.61 Å². The van der Waals surface area contributed by atoms with E-state index in [1.54, 1.807) is 6.07 Å². The average molecular weight is 254 g/mol. The van der Waals surface area contributed by atoms with E-state index < -0.39 is 0 Å². The molecule has 1 aromatic rings. The summed E-state index contributed by atoms with van der Waals surface area (Å²) in [6.07, 6.45) is 0. The summed E-state index contributed by atoms with van der Waals surface area (Å²) >= 11 is 3.21. The Labute approximate surface area is 85.5 Å². The van der Waals surface area contributed by atoms with E-state index in [1.807, 2.05) is 12.1 Å². The maximum absolute atomic E-state index is 8.70. The molecule has 0 aliphatic rings. The number of aliphatic hydroxyl groups is 1. The molecule has 0 fully saturated rings. The molecule has 1 rings (SSSR count). The molecule has 0 aromatic carbocycles. The van der Waals surface area contributed by atoms with Crippen molar-refractivity contribution >= 4 is 28.3 Å². The van der Waals surface area contributed by atoms with Gasteiger partial charge >= 0.3 is 0 Å². The van der Waals surface area contributed by atoms with Gasteiger partial charge in [-0.15, -0.1) is 12.4 Å². The Hall–Kier alpha value is -0.160. The second-order valence-electron chi connectivity index (χ2n) is 2.17. The van der Waals surface area contributed by atoms with Crippen molar-refractivity contribution < 1.29 is 5.11 Å². The minimum Gasteiger partial charge on any atom is -0.394 e. The highest BCUT2D eigenvalue weighted by Gasteiger charge is 2.04. The van der Waals surface area contributed by atoms with E-state index in [9.17, 15) is 0 Å². The lowest BCUT2D eigenvalue weighted by molar-refractivity contribution is 0.266. The van der Waals surface area contributed by atoms with Gasteiger partial charge in [-0.05, 0) is 28.1 Å². The third-order valence-corrected chi connectivity index (χ3v) is 1.75. The smallest absolute Gasteiger partial charge is 0.106 e. The van der Waals surface area contributed by atoms with Crippen LogP contribution in [0.2, 0.25) is 0 Å². The van der Waals surface area contributed by atoms with Crippen LogP contribution in [0.3, 0.4) is 0 Å². The fourth-order valence-corrected chi connectivity index (χ4v) is 1.08. The molecule has 0 spiro atoms. The van der Waals surface area contributed by atoms with Crippen molar-refractivity contribution in [1.29, 1.82) is 0 Å². The van der Waals surface area contributed by atoms with Crippen LogP contribution in [0, 0.1) is 0 Å². The fraction of sp³-hybridized carbons (Fsp3) is 0.286. The first-order valence-electron chi connectivity index (χ1n) is 3.23. The van der Waals surface area contributed by atoms with Gasteiger partial charge in [-0.1, -0.05) is 6.07 Å². The van der Waals surface area contributed by atoms with E-state index in [0.29, 0.717) is 5.69 Å². The molecule has 0 bridgehead atoms. The molecule has 0 amide bonds. The fourth-order valence-electron chi connectivity index (χ4n) is 0.724. The molecule has 1 aromatic heterocycles. The number of halogens is 2. The highest BCUT2D eigenvalue weighted by molar-refractivity contribution is 9.10. The number of nitrogens with zero attached hydrogens (tertiary/aromatic N) is 1. The lowest BCUT2D eigenvalue weighted by Crippen LogP contribution is -2.15. The van der Waals surface area contributed by atoms with Crippen molar-refractivity contribution in [2.45, 2.75) is 6.04 Å². The minimum atomic E-state index is -0.382. The SMILES string of the molecule is Cl.NC(CO)c1cccc(Br)n1. The summed E-state index contributed by atoms with van der Waals surface area (Å²) in [5.41, 5.74) is 6.23. The average Bonchev–Trinajstić information content (AvgIpc) is 2.03. The van der Waals surface area contributed by atoms with Crippen LogP contribution in [-0.2, 0) is 0 Å². The van der Waals surface area contributed by atoms with Crippen LogP contribution in [0.5, 0.6) is 0 Å². The molecule has 3 N–H and O–H groups in total. The van der Waals surface area contributed by atoms with Gasteiger partial charge in [-0.3, -0.25) is 0 Å². The normalized spacial score (nSPS) is 11.9. The zero-order chi connectivity index (χ0) is 8.27. The van der Waals surface area contributed by atoms with Crippen LogP contribution in [-0.4, -0.2) is 16.7 Å². The van der Waals surface area contributed by atoms with Gasteiger partial charge in [0.15, 0.2) is 0 Å². The standard InChI is InChI=1S/C7H9BrN2O.ClH/c8-7-3-1-2-6(10-7)5(9)4-11;/h1-3,5,11H,4,9H2;1H. The first-order valence-corrected chi connectivity index (χ1v) is 4.02. The summed E-state index contributed by atoms with van der Waals surface area (Å²) in [6.45, 7) is -0.0799. The lowest BCUT2D eigenvalue weighted by atomic mass is 10.2. The van der Waals surface area contributed by atoms with E-state index in [0.717, 1.165) is 4.60 Å². The van der Waals surface area contributed by atoms with Crippen LogP contribution in [0.4, 0.5) is 0 Å². The zero-order valence-electron chi connectivity index (χ0n) is 6.27. The quantitative estimate of drug-likeness (QED) is 0.780. The molecule has 1 unspecified atom stereocenters. The Morgan fingerprint density at radius 3 is 2.75 bits per heavy atom. The molecule has 0 saturated carbocycles. The summed E-state index contributed by atoms with van der Waals surface area (Å²) in [7, 11) is 0. The largest absolute Gasteiger partial charge is 0.394 e. The Morgan fingerprint density at radius 1 is 1.58 bits per heavy atom. The van der Waals surface area contributed by atoms with E-state index >= 15 is 0 Å². The molecule has 0 radical (unpaired) electrons. The third kappa shape index (κ3) is 3.06. The number of aromatic nitrogens is 1. The monoisotopic (exact) mass is 252 g/mol. The first kappa shape index (κ1) is 11.8. The minimum absolute atomic E-state index is 0. The van der Waals surface area contributed by atoms with Gasteiger partial charge in [0.1, 0.15) is 4.60 Å². The molecule has 68 valence electrons. The summed E-state index contributed by atoms with van der Waals surface area (Å²) < 4.78 is 0.735. The molecule has 0 saturated heterocycles. The van der Waals surface area contributed by atoms with Crippen molar-refractivity contribution in [2.24, 2.45) is 5.73 Å². The number of hydrogen-bond donors (Lipinski definition) is 2. The topological polar surface area (TPSA) is 59.1 Å². The van der Waals surface area contributed by atoms with Gasteiger partial charge in [0, 0.05) is 0 Å². The first-order chi connectivity index (χ1) is 5.24. The number of rotatable bonds is 2. The van der Waals surface area contributed by atoms with Crippen LogP contribution in [0.15, 0.2) is 22.8 Å². The summed E-state index contributed by atoms with van der Waals surface area (Å²) in [6, 6.07) is 5.05. The predicted molar refractivity (Wildman–Crippen MR) is 53.2 cm³/mol. The Bertz CT molecular complexity index is 247. The van der Waals surface area contributed by atoms with Gasteiger partial charge in [0.25, 0.3) is 0 Å². The molecular formula is C7H10BrClN2O. The Morgan fingerprint density at radius 2 is 2.25 bits per heavy atom. The van der Waals surface area contributed by atoms with E-state index in [1.165, 1.54) is 0 Å². The maximum Gasteiger partial charge on any atom is 0.106 e. The molecule has 0 aliphatic heterocycles. The number of hydrogen-bond acceptors (Lipinski definition) is 3. The third-order valence-electron chi connectivity index (χ3n) is 1.31.